The Kier molecular flexibility index (Phi) is 8.07. The van der Waals surface area contributed by atoms with Gasteiger partial charge >= 0.3 is 0 Å². The molecule has 0 aliphatic rings. The molecule has 0 atom stereocenters. The van der Waals surface area contributed by atoms with Crippen LogP contribution in [0.3, 0.4) is 0 Å². The van der Waals surface area contributed by atoms with Gasteiger partial charge in [-0.05, 0) is 36.2 Å². The van der Waals surface area contributed by atoms with Gasteiger partial charge in [-0.1, -0.05) is 6.07 Å². The van der Waals surface area contributed by atoms with Gasteiger partial charge < -0.3 is 33.4 Å². The van der Waals surface area contributed by atoms with Gasteiger partial charge in [0.2, 0.25) is 0 Å². The number of hydrogen-bond acceptors (Lipinski definition) is 7. The first kappa shape index (κ1) is 23.8. The summed E-state index contributed by atoms with van der Waals surface area (Å²) >= 11 is 0. The standard InChI is InChI=1S/C25H29NO7/c1-28-18-14-22(30-3)19(23(15-18)31-4)13-17-7-9-21(33-17)25(27)26-11-10-16-6-8-20(29-2)24(12-16)32-5/h6-9,12,14-15H,10-11,13H2,1-5H3,(H,26,27). The molecule has 1 amide bonds. The first-order chi connectivity index (χ1) is 16.0. The van der Waals surface area contributed by atoms with Crippen LogP contribution in [-0.2, 0) is 12.8 Å². The van der Waals surface area contributed by atoms with E-state index in [2.05, 4.69) is 5.32 Å². The monoisotopic (exact) mass is 455 g/mol. The van der Waals surface area contributed by atoms with Gasteiger partial charge in [0.15, 0.2) is 17.3 Å². The zero-order valence-electron chi connectivity index (χ0n) is 19.5. The van der Waals surface area contributed by atoms with E-state index >= 15 is 0 Å². The number of hydrogen-bond donors (Lipinski definition) is 1. The summed E-state index contributed by atoms with van der Waals surface area (Å²) in [7, 11) is 7.93. The molecule has 3 aromatic rings. The molecule has 8 heteroatoms. The second-order valence-corrected chi connectivity index (χ2v) is 7.15. The molecule has 1 aromatic heterocycles. The minimum Gasteiger partial charge on any atom is -0.496 e. The SMILES string of the molecule is COc1cc(OC)c(Cc2ccc(C(=O)NCCc3ccc(OC)c(OC)c3)o2)c(OC)c1. The van der Waals surface area contributed by atoms with Gasteiger partial charge in [-0.25, -0.2) is 0 Å². The largest absolute Gasteiger partial charge is 0.496 e. The molecule has 176 valence electrons. The fourth-order valence-corrected chi connectivity index (χ4v) is 3.46. The van der Waals surface area contributed by atoms with Crippen molar-refractivity contribution in [3.05, 3.63) is 65.1 Å². The molecule has 0 unspecified atom stereocenters. The molecule has 0 spiro atoms. The Morgan fingerprint density at radius 2 is 1.45 bits per heavy atom. The van der Waals surface area contributed by atoms with Crippen LogP contribution in [0.1, 0.15) is 27.4 Å². The van der Waals surface area contributed by atoms with Gasteiger partial charge in [0.1, 0.15) is 23.0 Å². The van der Waals surface area contributed by atoms with Crippen molar-refractivity contribution in [3.63, 3.8) is 0 Å². The molecule has 0 radical (unpaired) electrons. The number of methoxy groups -OCH3 is 5. The number of benzene rings is 2. The zero-order chi connectivity index (χ0) is 23.8. The Morgan fingerprint density at radius 1 is 0.788 bits per heavy atom. The van der Waals surface area contributed by atoms with Crippen LogP contribution in [-0.4, -0.2) is 48.0 Å². The first-order valence-electron chi connectivity index (χ1n) is 10.4. The van der Waals surface area contributed by atoms with Gasteiger partial charge in [0, 0.05) is 30.7 Å². The van der Waals surface area contributed by atoms with Crippen LogP contribution in [0.5, 0.6) is 28.7 Å². The summed E-state index contributed by atoms with van der Waals surface area (Å²) < 4.78 is 32.6. The predicted octanol–water partition coefficient (Wildman–Crippen LogP) is 3.89. The molecule has 33 heavy (non-hydrogen) atoms. The third kappa shape index (κ3) is 5.71. The number of ether oxygens (including phenoxy) is 5. The van der Waals surface area contributed by atoms with E-state index in [9.17, 15) is 4.79 Å². The number of furan rings is 1. The maximum Gasteiger partial charge on any atom is 0.287 e. The summed E-state index contributed by atoms with van der Waals surface area (Å²) in [5.74, 6) is 3.74. The van der Waals surface area contributed by atoms with E-state index in [1.807, 2.05) is 18.2 Å². The molecule has 1 heterocycles. The van der Waals surface area contributed by atoms with Crippen LogP contribution >= 0.6 is 0 Å². The zero-order valence-corrected chi connectivity index (χ0v) is 19.5. The lowest BCUT2D eigenvalue weighted by atomic mass is 10.1. The number of nitrogens with one attached hydrogen (secondary N) is 1. The Hall–Kier alpha value is -3.81. The van der Waals surface area contributed by atoms with Crippen molar-refractivity contribution in [1.82, 2.24) is 5.32 Å². The molecule has 0 bridgehead atoms. The minimum absolute atomic E-state index is 0.240. The second-order valence-electron chi connectivity index (χ2n) is 7.15. The quantitative estimate of drug-likeness (QED) is 0.469. The van der Waals surface area contributed by atoms with E-state index in [1.54, 1.807) is 59.8 Å². The van der Waals surface area contributed by atoms with E-state index in [1.165, 1.54) is 0 Å². The van der Waals surface area contributed by atoms with E-state index < -0.39 is 0 Å². The normalized spacial score (nSPS) is 10.5. The summed E-state index contributed by atoms with van der Waals surface area (Å²) in [6, 6.07) is 12.7. The summed E-state index contributed by atoms with van der Waals surface area (Å²) in [5.41, 5.74) is 1.82. The third-order valence-electron chi connectivity index (χ3n) is 5.20. The van der Waals surface area contributed by atoms with Crippen molar-refractivity contribution < 1.29 is 32.9 Å². The number of carbonyl (C=O) groups is 1. The van der Waals surface area contributed by atoms with Crippen molar-refractivity contribution in [3.8, 4) is 28.7 Å². The maximum atomic E-state index is 12.5. The fraction of sp³-hybridized carbons (Fsp3) is 0.320. The summed E-state index contributed by atoms with van der Waals surface area (Å²) in [6.45, 7) is 0.449. The summed E-state index contributed by atoms with van der Waals surface area (Å²) in [4.78, 5) is 12.5. The average molecular weight is 456 g/mol. The van der Waals surface area contributed by atoms with Gasteiger partial charge in [-0.2, -0.15) is 0 Å². The number of carbonyl (C=O) groups excluding carboxylic acids is 1. The first-order valence-corrected chi connectivity index (χ1v) is 10.4. The lowest BCUT2D eigenvalue weighted by Crippen LogP contribution is -2.25. The molecule has 8 nitrogen and oxygen atoms in total. The Balaban J connectivity index is 1.63. The molecular formula is C25H29NO7. The highest BCUT2D eigenvalue weighted by Crippen LogP contribution is 2.36. The average Bonchev–Trinajstić information content (AvgIpc) is 3.32. The maximum absolute atomic E-state index is 12.5. The fourth-order valence-electron chi connectivity index (χ4n) is 3.46. The molecule has 0 saturated heterocycles. The van der Waals surface area contributed by atoms with Gasteiger partial charge in [0.05, 0.1) is 35.5 Å². The highest BCUT2D eigenvalue weighted by Gasteiger charge is 2.17. The van der Waals surface area contributed by atoms with Crippen LogP contribution in [0.2, 0.25) is 0 Å². The molecule has 0 saturated carbocycles. The topological polar surface area (TPSA) is 88.4 Å². The van der Waals surface area contributed by atoms with E-state index in [0.717, 1.165) is 11.1 Å². The summed E-state index contributed by atoms with van der Waals surface area (Å²) in [5, 5.41) is 2.88. The molecule has 0 aliphatic carbocycles. The van der Waals surface area contributed by atoms with Crippen molar-refractivity contribution in [1.29, 1.82) is 0 Å². The van der Waals surface area contributed by atoms with Gasteiger partial charge in [-0.3, -0.25) is 4.79 Å². The van der Waals surface area contributed by atoms with Crippen LogP contribution in [0.4, 0.5) is 0 Å². The minimum atomic E-state index is -0.282. The lowest BCUT2D eigenvalue weighted by molar-refractivity contribution is 0.0925. The number of rotatable bonds is 11. The lowest BCUT2D eigenvalue weighted by Gasteiger charge is -2.14. The van der Waals surface area contributed by atoms with Crippen molar-refractivity contribution in [2.45, 2.75) is 12.8 Å². The van der Waals surface area contributed by atoms with E-state index in [-0.39, 0.29) is 11.7 Å². The second kappa shape index (κ2) is 11.2. The Bertz CT molecular complexity index is 1070. The van der Waals surface area contributed by atoms with Gasteiger partial charge in [0.25, 0.3) is 5.91 Å². The van der Waals surface area contributed by atoms with Crippen molar-refractivity contribution in [2.75, 3.05) is 42.1 Å². The van der Waals surface area contributed by atoms with Crippen LogP contribution in [0.25, 0.3) is 0 Å². The third-order valence-corrected chi connectivity index (χ3v) is 5.20. The van der Waals surface area contributed by atoms with Gasteiger partial charge in [-0.15, -0.1) is 0 Å². The Morgan fingerprint density at radius 3 is 2.06 bits per heavy atom. The van der Waals surface area contributed by atoms with Crippen molar-refractivity contribution >= 4 is 5.91 Å². The molecule has 3 rings (SSSR count). The Labute approximate surface area is 193 Å². The molecule has 2 aromatic carbocycles. The van der Waals surface area contributed by atoms with E-state index in [0.29, 0.717) is 53.9 Å². The highest BCUT2D eigenvalue weighted by atomic mass is 16.5. The smallest absolute Gasteiger partial charge is 0.287 e. The summed E-state index contributed by atoms with van der Waals surface area (Å²) in [6.07, 6.45) is 1.04. The number of amides is 1. The van der Waals surface area contributed by atoms with Crippen LogP contribution in [0.15, 0.2) is 46.9 Å². The van der Waals surface area contributed by atoms with E-state index in [4.69, 9.17) is 28.1 Å². The van der Waals surface area contributed by atoms with Crippen LogP contribution < -0.4 is 29.0 Å². The molecule has 0 fully saturated rings. The molecule has 1 N–H and O–H groups in total. The highest BCUT2D eigenvalue weighted by molar-refractivity contribution is 5.91. The molecular weight excluding hydrogens is 426 g/mol. The predicted molar refractivity (Wildman–Crippen MR) is 123 cm³/mol. The molecule has 0 aliphatic heterocycles. The van der Waals surface area contributed by atoms with Crippen LogP contribution in [0, 0.1) is 0 Å². The van der Waals surface area contributed by atoms with Crippen molar-refractivity contribution in [2.24, 2.45) is 0 Å².